The van der Waals surface area contributed by atoms with Crippen LogP contribution >= 0.6 is 35.6 Å². The summed E-state index contributed by atoms with van der Waals surface area (Å²) in [6.07, 6.45) is 0. The number of para-hydroxylation sites is 2. The Labute approximate surface area is 175 Å². The van der Waals surface area contributed by atoms with Crippen molar-refractivity contribution >= 4 is 52.6 Å². The van der Waals surface area contributed by atoms with Crippen LogP contribution in [0.15, 0.2) is 53.5 Å². The number of nitrogens with one attached hydrogen (secondary N) is 2. The summed E-state index contributed by atoms with van der Waals surface area (Å²) in [6, 6.07) is 15.9. The number of hydrogen-bond acceptors (Lipinski definition) is 2. The zero-order valence-electron chi connectivity index (χ0n) is 14.9. The van der Waals surface area contributed by atoms with E-state index >= 15 is 0 Å². The summed E-state index contributed by atoms with van der Waals surface area (Å²) in [5.74, 6) is 1.74. The van der Waals surface area contributed by atoms with Crippen molar-refractivity contribution in [2.45, 2.75) is 20.0 Å². The van der Waals surface area contributed by atoms with Gasteiger partial charge in [-0.2, -0.15) is 0 Å². The quantitative estimate of drug-likeness (QED) is 0.326. The number of aryl methyl sites for hydroxylation is 1. The SMILES string of the molecule is CCNC(=NCc1ccc(Cl)cc1)NCc1nc2ccccc2n1C.I. The molecule has 7 heteroatoms. The van der Waals surface area contributed by atoms with Crippen molar-refractivity contribution in [2.75, 3.05) is 6.54 Å². The second-order valence-corrected chi connectivity index (χ2v) is 6.19. The van der Waals surface area contributed by atoms with Gasteiger partial charge in [0.1, 0.15) is 5.82 Å². The molecule has 0 aliphatic rings. The van der Waals surface area contributed by atoms with Gasteiger partial charge in [0.05, 0.1) is 24.1 Å². The summed E-state index contributed by atoms with van der Waals surface area (Å²) in [5, 5.41) is 7.35. The standard InChI is InChI=1S/C19H22ClN5.HI/c1-3-21-19(22-12-14-8-10-15(20)11-9-14)23-13-18-24-16-6-4-5-7-17(16)25(18)2;/h4-11H,3,12-13H2,1-2H3,(H2,21,22,23);1H. The molecule has 0 atom stereocenters. The van der Waals surface area contributed by atoms with E-state index in [0.29, 0.717) is 13.1 Å². The molecule has 0 unspecified atom stereocenters. The second-order valence-electron chi connectivity index (χ2n) is 5.75. The average molecular weight is 484 g/mol. The number of aromatic nitrogens is 2. The first-order valence-electron chi connectivity index (χ1n) is 8.34. The number of hydrogen-bond donors (Lipinski definition) is 2. The van der Waals surface area contributed by atoms with Gasteiger partial charge in [0.25, 0.3) is 0 Å². The van der Waals surface area contributed by atoms with Crippen LogP contribution in [0.1, 0.15) is 18.3 Å². The fourth-order valence-corrected chi connectivity index (χ4v) is 2.74. The summed E-state index contributed by atoms with van der Waals surface area (Å²) in [7, 11) is 2.03. The van der Waals surface area contributed by atoms with Crippen LogP contribution < -0.4 is 10.6 Å². The third-order valence-corrected chi connectivity index (χ3v) is 4.22. The Morgan fingerprint density at radius 2 is 1.85 bits per heavy atom. The van der Waals surface area contributed by atoms with Gasteiger partial charge < -0.3 is 15.2 Å². The van der Waals surface area contributed by atoms with E-state index in [4.69, 9.17) is 11.6 Å². The first kappa shape index (κ1) is 20.5. The molecule has 0 amide bonds. The first-order chi connectivity index (χ1) is 12.2. The van der Waals surface area contributed by atoms with E-state index in [1.54, 1.807) is 0 Å². The van der Waals surface area contributed by atoms with Crippen LogP contribution in [-0.4, -0.2) is 22.1 Å². The molecule has 1 heterocycles. The third kappa shape index (κ3) is 5.11. The van der Waals surface area contributed by atoms with Crippen LogP contribution in [0, 0.1) is 0 Å². The summed E-state index contributed by atoms with van der Waals surface area (Å²) in [4.78, 5) is 9.30. The number of halogens is 2. The number of imidazole rings is 1. The highest BCUT2D eigenvalue weighted by Crippen LogP contribution is 2.14. The minimum absolute atomic E-state index is 0. The van der Waals surface area contributed by atoms with Gasteiger partial charge in [-0.05, 0) is 36.8 Å². The molecule has 26 heavy (non-hydrogen) atoms. The molecule has 5 nitrogen and oxygen atoms in total. The molecule has 2 N–H and O–H groups in total. The van der Waals surface area contributed by atoms with Crippen molar-refractivity contribution in [1.29, 1.82) is 0 Å². The Bertz CT molecular complexity index is 873. The zero-order valence-corrected chi connectivity index (χ0v) is 18.0. The number of aliphatic imine (C=N–C) groups is 1. The predicted octanol–water partition coefficient (Wildman–Crippen LogP) is 4.10. The van der Waals surface area contributed by atoms with E-state index in [2.05, 4.69) is 38.2 Å². The largest absolute Gasteiger partial charge is 0.357 e. The summed E-state index contributed by atoms with van der Waals surface area (Å²) in [5.41, 5.74) is 3.25. The van der Waals surface area contributed by atoms with Crippen molar-refractivity contribution in [3.63, 3.8) is 0 Å². The van der Waals surface area contributed by atoms with Crippen LogP contribution in [-0.2, 0) is 20.1 Å². The van der Waals surface area contributed by atoms with Crippen molar-refractivity contribution < 1.29 is 0 Å². The molecule has 3 aromatic rings. The minimum atomic E-state index is 0. The molecule has 3 rings (SSSR count). The summed E-state index contributed by atoms with van der Waals surface area (Å²) in [6.45, 7) is 4.05. The molecule has 0 saturated heterocycles. The van der Waals surface area contributed by atoms with Crippen molar-refractivity contribution in [1.82, 2.24) is 20.2 Å². The van der Waals surface area contributed by atoms with E-state index in [1.165, 1.54) is 0 Å². The maximum atomic E-state index is 5.92. The minimum Gasteiger partial charge on any atom is -0.357 e. The lowest BCUT2D eigenvalue weighted by molar-refractivity contribution is 0.738. The highest BCUT2D eigenvalue weighted by molar-refractivity contribution is 14.0. The fraction of sp³-hybridized carbons (Fsp3) is 0.263. The Hall–Kier alpha value is -1.80. The second kappa shape index (κ2) is 9.78. The zero-order chi connectivity index (χ0) is 17.6. The molecule has 2 aromatic carbocycles. The highest BCUT2D eigenvalue weighted by Gasteiger charge is 2.07. The lowest BCUT2D eigenvalue weighted by Crippen LogP contribution is -2.37. The van der Waals surface area contributed by atoms with Crippen LogP contribution in [0.5, 0.6) is 0 Å². The summed E-state index contributed by atoms with van der Waals surface area (Å²) >= 11 is 5.92. The fourth-order valence-electron chi connectivity index (χ4n) is 2.62. The Morgan fingerprint density at radius 1 is 1.12 bits per heavy atom. The van der Waals surface area contributed by atoms with E-state index in [1.807, 2.05) is 49.5 Å². The molecular weight excluding hydrogens is 461 g/mol. The van der Waals surface area contributed by atoms with Gasteiger partial charge in [0, 0.05) is 18.6 Å². The van der Waals surface area contributed by atoms with E-state index in [9.17, 15) is 0 Å². The van der Waals surface area contributed by atoms with Gasteiger partial charge >= 0.3 is 0 Å². The average Bonchev–Trinajstić information content (AvgIpc) is 2.95. The van der Waals surface area contributed by atoms with Crippen LogP contribution in [0.2, 0.25) is 5.02 Å². The topological polar surface area (TPSA) is 54.2 Å². The Kier molecular flexibility index (Phi) is 7.71. The normalized spacial score (nSPS) is 11.3. The van der Waals surface area contributed by atoms with E-state index in [-0.39, 0.29) is 24.0 Å². The number of fused-ring (bicyclic) bond motifs is 1. The molecule has 0 bridgehead atoms. The molecule has 0 saturated carbocycles. The lowest BCUT2D eigenvalue weighted by atomic mass is 10.2. The number of benzene rings is 2. The van der Waals surface area contributed by atoms with Crippen molar-refractivity contribution in [3.8, 4) is 0 Å². The van der Waals surface area contributed by atoms with Crippen LogP contribution in [0.25, 0.3) is 11.0 Å². The third-order valence-electron chi connectivity index (χ3n) is 3.97. The molecule has 1 aromatic heterocycles. The molecule has 0 radical (unpaired) electrons. The van der Waals surface area contributed by atoms with Gasteiger partial charge in [0.2, 0.25) is 0 Å². The number of nitrogens with zero attached hydrogens (tertiary/aromatic N) is 3. The molecule has 138 valence electrons. The van der Waals surface area contributed by atoms with Crippen LogP contribution in [0.4, 0.5) is 0 Å². The van der Waals surface area contributed by atoms with Gasteiger partial charge in [-0.25, -0.2) is 9.98 Å². The van der Waals surface area contributed by atoms with Gasteiger partial charge in [0.15, 0.2) is 5.96 Å². The number of guanidine groups is 1. The molecular formula is C19H23ClIN5. The molecule has 0 fully saturated rings. The monoisotopic (exact) mass is 483 g/mol. The summed E-state index contributed by atoms with van der Waals surface area (Å²) < 4.78 is 2.10. The number of rotatable bonds is 5. The van der Waals surface area contributed by atoms with Crippen molar-refractivity contribution in [2.24, 2.45) is 12.0 Å². The first-order valence-corrected chi connectivity index (χ1v) is 8.72. The maximum absolute atomic E-state index is 5.92. The highest BCUT2D eigenvalue weighted by atomic mass is 127. The molecule has 0 aliphatic heterocycles. The molecule has 0 aliphatic carbocycles. The van der Waals surface area contributed by atoms with Gasteiger partial charge in [-0.15, -0.1) is 24.0 Å². The molecule has 0 spiro atoms. The van der Waals surface area contributed by atoms with Gasteiger partial charge in [-0.1, -0.05) is 35.9 Å². The van der Waals surface area contributed by atoms with Crippen molar-refractivity contribution in [3.05, 3.63) is 64.9 Å². The predicted molar refractivity (Wildman–Crippen MR) is 119 cm³/mol. The Morgan fingerprint density at radius 3 is 2.54 bits per heavy atom. The maximum Gasteiger partial charge on any atom is 0.191 e. The van der Waals surface area contributed by atoms with Gasteiger partial charge in [-0.3, -0.25) is 0 Å². The van der Waals surface area contributed by atoms with Crippen LogP contribution in [0.3, 0.4) is 0 Å². The van der Waals surface area contributed by atoms with E-state index < -0.39 is 0 Å². The van der Waals surface area contributed by atoms with E-state index in [0.717, 1.165) is 39.9 Å². The lowest BCUT2D eigenvalue weighted by Gasteiger charge is -2.11. The smallest absolute Gasteiger partial charge is 0.191 e. The Balaban J connectivity index is 0.00000243.